The summed E-state index contributed by atoms with van der Waals surface area (Å²) in [5.41, 5.74) is 0.946. The van der Waals surface area contributed by atoms with Gasteiger partial charge in [-0.2, -0.15) is 5.10 Å². The monoisotopic (exact) mass is 194 g/mol. The smallest absolute Gasteiger partial charge is 0.169 e. The zero-order valence-electron chi connectivity index (χ0n) is 8.84. The predicted molar refractivity (Wildman–Crippen MR) is 57.1 cm³/mol. The first-order valence-electron chi connectivity index (χ1n) is 4.43. The normalized spacial score (nSPS) is 11.4. The Morgan fingerprint density at radius 3 is 2.57 bits per heavy atom. The molecule has 0 bridgehead atoms. The van der Waals surface area contributed by atoms with Gasteiger partial charge in [-0.15, -0.1) is 0 Å². The molecule has 0 aliphatic rings. The van der Waals surface area contributed by atoms with Crippen LogP contribution in [0, 0.1) is 11.2 Å². The van der Waals surface area contributed by atoms with E-state index in [1.165, 1.54) is 17.1 Å². The molecule has 0 aliphatic carbocycles. The van der Waals surface area contributed by atoms with Crippen LogP contribution in [0.3, 0.4) is 0 Å². The predicted octanol–water partition coefficient (Wildman–Crippen LogP) is 3.18. The summed E-state index contributed by atoms with van der Waals surface area (Å²) >= 11 is 0. The molecule has 1 aromatic rings. The van der Waals surface area contributed by atoms with Gasteiger partial charge in [-0.05, 0) is 11.0 Å². The second-order valence-electron chi connectivity index (χ2n) is 4.20. The minimum Gasteiger partial charge on any atom is -0.238 e. The molecule has 1 aromatic heterocycles. The van der Waals surface area contributed by atoms with E-state index in [4.69, 9.17) is 0 Å². The topological polar surface area (TPSA) is 17.8 Å². The average molecular weight is 194 g/mol. The highest BCUT2D eigenvalue weighted by atomic mass is 19.1. The van der Waals surface area contributed by atoms with Crippen LogP contribution in [0.1, 0.15) is 26.5 Å². The van der Waals surface area contributed by atoms with Crippen LogP contribution < -0.4 is 0 Å². The van der Waals surface area contributed by atoms with Crippen molar-refractivity contribution in [2.45, 2.75) is 20.8 Å². The molecule has 0 saturated heterocycles. The number of halogens is 1. The van der Waals surface area contributed by atoms with E-state index in [0.717, 1.165) is 0 Å². The molecule has 0 radical (unpaired) electrons. The van der Waals surface area contributed by atoms with Gasteiger partial charge in [0.2, 0.25) is 0 Å². The lowest BCUT2D eigenvalue weighted by molar-refractivity contribution is 0.552. The van der Waals surface area contributed by atoms with Crippen LogP contribution >= 0.6 is 0 Å². The van der Waals surface area contributed by atoms with Crippen molar-refractivity contribution in [3.8, 4) is 0 Å². The van der Waals surface area contributed by atoms with Gasteiger partial charge in [-0.3, -0.25) is 0 Å². The summed E-state index contributed by atoms with van der Waals surface area (Å²) in [6, 6.07) is 0. The molecular weight excluding hydrogens is 179 g/mol. The molecule has 0 amide bonds. The Labute approximate surface area is 83.7 Å². The van der Waals surface area contributed by atoms with E-state index in [0.29, 0.717) is 11.3 Å². The Bertz CT molecular complexity index is 369. The minimum atomic E-state index is -0.357. The fraction of sp³-hybridized carbons (Fsp3) is 0.364. The third kappa shape index (κ3) is 1.76. The first-order chi connectivity index (χ1) is 6.38. The number of hydrogen-bond donors (Lipinski definition) is 0. The van der Waals surface area contributed by atoms with Gasteiger partial charge < -0.3 is 0 Å². The molecule has 76 valence electrons. The van der Waals surface area contributed by atoms with Gasteiger partial charge in [0, 0.05) is 6.20 Å². The van der Waals surface area contributed by atoms with Crippen molar-refractivity contribution in [1.29, 1.82) is 0 Å². The van der Waals surface area contributed by atoms with Crippen LogP contribution in [0.2, 0.25) is 0 Å². The molecule has 1 rings (SSSR count). The van der Waals surface area contributed by atoms with Gasteiger partial charge >= 0.3 is 0 Å². The maximum absolute atomic E-state index is 13.4. The molecule has 0 atom stereocenters. The Balaban J connectivity index is 3.24. The number of aromatic nitrogens is 2. The van der Waals surface area contributed by atoms with Gasteiger partial charge in [0.15, 0.2) is 5.82 Å². The van der Waals surface area contributed by atoms with Crippen molar-refractivity contribution in [1.82, 2.24) is 9.78 Å². The van der Waals surface area contributed by atoms with Crippen LogP contribution in [0.4, 0.5) is 4.39 Å². The highest BCUT2D eigenvalue weighted by Gasteiger charge is 2.22. The molecule has 0 aliphatic heterocycles. The van der Waals surface area contributed by atoms with Crippen LogP contribution in [0.25, 0.3) is 11.8 Å². The lowest BCUT2D eigenvalue weighted by Gasteiger charge is -2.21. The van der Waals surface area contributed by atoms with Gasteiger partial charge in [-0.1, -0.05) is 33.9 Å². The van der Waals surface area contributed by atoms with Crippen molar-refractivity contribution in [3.63, 3.8) is 0 Å². The largest absolute Gasteiger partial charge is 0.238 e. The standard InChI is InChI=1S/C11H15FN2/c1-6-14-10(9(12)7-13-14)8(2)11(3,4)5/h6-7H,1-2H2,3-5H3. The van der Waals surface area contributed by atoms with Crippen LogP contribution in [0.15, 0.2) is 19.4 Å². The number of nitrogens with zero attached hydrogens (tertiary/aromatic N) is 2. The molecular formula is C11H15FN2. The third-order valence-electron chi connectivity index (χ3n) is 2.11. The molecule has 14 heavy (non-hydrogen) atoms. The maximum Gasteiger partial charge on any atom is 0.169 e. The van der Waals surface area contributed by atoms with Gasteiger partial charge in [-0.25, -0.2) is 9.07 Å². The van der Waals surface area contributed by atoms with E-state index in [1.54, 1.807) is 0 Å². The number of allylic oxidation sites excluding steroid dienone is 1. The molecule has 0 unspecified atom stereocenters. The van der Waals surface area contributed by atoms with E-state index in [2.05, 4.69) is 18.3 Å². The molecule has 0 aromatic carbocycles. The minimum absolute atomic E-state index is 0.179. The van der Waals surface area contributed by atoms with E-state index in [-0.39, 0.29) is 11.2 Å². The van der Waals surface area contributed by atoms with Crippen molar-refractivity contribution in [2.75, 3.05) is 0 Å². The molecule has 0 N–H and O–H groups in total. The molecule has 0 fully saturated rings. The summed E-state index contributed by atoms with van der Waals surface area (Å²) in [5, 5.41) is 3.83. The molecule has 0 saturated carbocycles. The average Bonchev–Trinajstić information content (AvgIpc) is 2.43. The van der Waals surface area contributed by atoms with Gasteiger partial charge in [0.05, 0.1) is 6.20 Å². The quantitative estimate of drug-likeness (QED) is 0.707. The SMILES string of the molecule is C=Cn1ncc(F)c1C(=C)C(C)(C)C. The van der Waals surface area contributed by atoms with Crippen LogP contribution in [-0.4, -0.2) is 9.78 Å². The van der Waals surface area contributed by atoms with E-state index in [9.17, 15) is 4.39 Å². The first-order valence-corrected chi connectivity index (χ1v) is 4.43. The van der Waals surface area contributed by atoms with Crippen LogP contribution in [-0.2, 0) is 0 Å². The summed E-state index contributed by atoms with van der Waals surface area (Å²) < 4.78 is 14.8. The highest BCUT2D eigenvalue weighted by Crippen LogP contribution is 2.33. The number of rotatable bonds is 2. The first kappa shape index (κ1) is 10.7. The third-order valence-corrected chi connectivity index (χ3v) is 2.11. The molecule has 1 heterocycles. The lowest BCUT2D eigenvalue weighted by Crippen LogP contribution is -2.11. The number of hydrogen-bond acceptors (Lipinski definition) is 1. The maximum atomic E-state index is 13.4. The van der Waals surface area contributed by atoms with E-state index in [1.807, 2.05) is 20.8 Å². The Hall–Kier alpha value is -1.38. The van der Waals surface area contributed by atoms with E-state index < -0.39 is 0 Å². The Kier molecular flexibility index (Phi) is 2.60. The Morgan fingerprint density at radius 1 is 1.57 bits per heavy atom. The van der Waals surface area contributed by atoms with Crippen molar-refractivity contribution < 1.29 is 4.39 Å². The zero-order chi connectivity index (χ0) is 10.9. The molecule has 0 spiro atoms. The second-order valence-corrected chi connectivity index (χ2v) is 4.20. The highest BCUT2D eigenvalue weighted by molar-refractivity contribution is 5.66. The van der Waals surface area contributed by atoms with E-state index >= 15 is 0 Å². The molecule has 3 heteroatoms. The van der Waals surface area contributed by atoms with Crippen molar-refractivity contribution in [2.24, 2.45) is 5.41 Å². The summed E-state index contributed by atoms with van der Waals surface area (Å²) in [4.78, 5) is 0. The second kappa shape index (κ2) is 3.40. The van der Waals surface area contributed by atoms with Gasteiger partial charge in [0.1, 0.15) is 5.69 Å². The van der Waals surface area contributed by atoms with Crippen LogP contribution in [0.5, 0.6) is 0 Å². The zero-order valence-corrected chi connectivity index (χ0v) is 8.84. The fourth-order valence-electron chi connectivity index (χ4n) is 1.12. The fourth-order valence-corrected chi connectivity index (χ4v) is 1.12. The summed E-state index contributed by atoms with van der Waals surface area (Å²) in [5.74, 6) is -0.357. The van der Waals surface area contributed by atoms with Crippen molar-refractivity contribution in [3.05, 3.63) is 30.9 Å². The summed E-state index contributed by atoms with van der Waals surface area (Å²) in [6.07, 6.45) is 2.64. The Morgan fingerprint density at radius 2 is 2.14 bits per heavy atom. The molecule has 2 nitrogen and oxygen atoms in total. The van der Waals surface area contributed by atoms with Crippen molar-refractivity contribution >= 4 is 11.8 Å². The van der Waals surface area contributed by atoms with Gasteiger partial charge in [0.25, 0.3) is 0 Å². The summed E-state index contributed by atoms with van der Waals surface area (Å²) in [6.45, 7) is 13.4. The lowest BCUT2D eigenvalue weighted by atomic mass is 9.85. The summed E-state index contributed by atoms with van der Waals surface area (Å²) in [7, 11) is 0.